The van der Waals surface area contributed by atoms with E-state index < -0.39 is 9.84 Å². The minimum absolute atomic E-state index is 0.0332. The molecule has 0 aromatic heterocycles. The minimum atomic E-state index is -3.46. The second-order valence-electron chi connectivity index (χ2n) is 5.52. The molecular formula is C18H21NO3S. The van der Waals surface area contributed by atoms with Gasteiger partial charge < -0.3 is 4.90 Å². The molecule has 0 aliphatic heterocycles. The molecule has 2 aromatic carbocycles. The van der Waals surface area contributed by atoms with Crippen molar-refractivity contribution in [1.82, 2.24) is 0 Å². The van der Waals surface area contributed by atoms with Crippen LogP contribution < -0.4 is 4.90 Å². The fourth-order valence-electron chi connectivity index (χ4n) is 2.43. The van der Waals surface area contributed by atoms with Crippen molar-refractivity contribution >= 4 is 21.4 Å². The number of hydrogen-bond donors (Lipinski definition) is 0. The Balaban J connectivity index is 2.44. The third-order valence-electron chi connectivity index (χ3n) is 3.62. The highest BCUT2D eigenvalue weighted by Crippen LogP contribution is 2.22. The lowest BCUT2D eigenvalue weighted by Crippen LogP contribution is -2.28. The van der Waals surface area contributed by atoms with E-state index in [4.69, 9.17) is 0 Å². The van der Waals surface area contributed by atoms with Crippen LogP contribution in [0.5, 0.6) is 0 Å². The fraction of sp³-hybridized carbons (Fsp3) is 0.278. The maximum Gasteiger partial charge on any atom is 0.259 e. The van der Waals surface area contributed by atoms with Gasteiger partial charge in [0.05, 0.1) is 16.2 Å². The van der Waals surface area contributed by atoms with Crippen LogP contribution in [0, 0.1) is 6.92 Å². The van der Waals surface area contributed by atoms with Crippen LogP contribution in [0.3, 0.4) is 0 Å². The number of rotatable bonds is 5. The van der Waals surface area contributed by atoms with Crippen molar-refractivity contribution in [3.8, 4) is 0 Å². The monoisotopic (exact) mass is 331 g/mol. The lowest BCUT2D eigenvalue weighted by molar-refractivity contribution is 0.0990. The molecular weight excluding hydrogens is 310 g/mol. The molecule has 0 N–H and O–H groups in total. The fourth-order valence-corrected chi connectivity index (χ4v) is 3.96. The SMILES string of the molecule is CCCS(=O)(=O)c1ccccc1C(=O)N(C)c1cccc(C)c1. The number of nitrogens with zero attached hydrogens (tertiary/aromatic N) is 1. The zero-order chi connectivity index (χ0) is 17.0. The molecule has 0 bridgehead atoms. The molecule has 0 unspecified atom stereocenters. The van der Waals surface area contributed by atoms with E-state index in [1.165, 1.54) is 11.0 Å². The summed E-state index contributed by atoms with van der Waals surface area (Å²) in [6.07, 6.45) is 0.512. The van der Waals surface area contributed by atoms with Gasteiger partial charge in [-0.2, -0.15) is 0 Å². The number of carbonyl (C=O) groups is 1. The van der Waals surface area contributed by atoms with E-state index in [1.807, 2.05) is 31.2 Å². The van der Waals surface area contributed by atoms with Gasteiger partial charge in [0.25, 0.3) is 5.91 Å². The van der Waals surface area contributed by atoms with Crippen molar-refractivity contribution in [2.24, 2.45) is 0 Å². The van der Waals surface area contributed by atoms with Gasteiger partial charge in [-0.3, -0.25) is 4.79 Å². The van der Waals surface area contributed by atoms with Crippen molar-refractivity contribution in [3.05, 3.63) is 59.7 Å². The molecule has 0 atom stereocenters. The van der Waals surface area contributed by atoms with E-state index in [0.717, 1.165) is 11.3 Å². The van der Waals surface area contributed by atoms with Crippen LogP contribution in [-0.2, 0) is 9.84 Å². The molecule has 2 aromatic rings. The molecule has 0 aliphatic rings. The number of hydrogen-bond acceptors (Lipinski definition) is 3. The van der Waals surface area contributed by atoms with Gasteiger partial charge >= 0.3 is 0 Å². The van der Waals surface area contributed by atoms with Crippen LogP contribution >= 0.6 is 0 Å². The van der Waals surface area contributed by atoms with Gasteiger partial charge in [-0.15, -0.1) is 0 Å². The van der Waals surface area contributed by atoms with Crippen molar-refractivity contribution in [3.63, 3.8) is 0 Å². The summed E-state index contributed by atoms with van der Waals surface area (Å²) in [6, 6.07) is 13.9. The first-order valence-corrected chi connectivity index (χ1v) is 9.18. The van der Waals surface area contributed by atoms with Crippen LogP contribution in [0.2, 0.25) is 0 Å². The van der Waals surface area contributed by atoms with Gasteiger partial charge in [0.2, 0.25) is 0 Å². The van der Waals surface area contributed by atoms with E-state index in [-0.39, 0.29) is 22.1 Å². The largest absolute Gasteiger partial charge is 0.311 e. The predicted octanol–water partition coefficient (Wildman–Crippen LogP) is 3.46. The molecule has 122 valence electrons. The topological polar surface area (TPSA) is 54.5 Å². The highest BCUT2D eigenvalue weighted by Gasteiger charge is 2.24. The summed E-state index contributed by atoms with van der Waals surface area (Å²) in [5.74, 6) is -0.295. The van der Waals surface area contributed by atoms with Gasteiger partial charge in [-0.25, -0.2) is 8.42 Å². The smallest absolute Gasteiger partial charge is 0.259 e. The van der Waals surface area contributed by atoms with Gasteiger partial charge in [0.1, 0.15) is 0 Å². The van der Waals surface area contributed by atoms with Gasteiger partial charge in [-0.05, 0) is 43.2 Å². The zero-order valence-electron chi connectivity index (χ0n) is 13.6. The molecule has 5 heteroatoms. The first-order chi connectivity index (χ1) is 10.9. The summed E-state index contributed by atoms with van der Waals surface area (Å²) in [5.41, 5.74) is 1.98. The van der Waals surface area contributed by atoms with Crippen LogP contribution in [0.25, 0.3) is 0 Å². The third kappa shape index (κ3) is 3.79. The quantitative estimate of drug-likeness (QED) is 0.843. The van der Waals surface area contributed by atoms with Crippen LogP contribution in [0.1, 0.15) is 29.3 Å². The molecule has 1 amide bonds. The molecule has 0 saturated carbocycles. The Kier molecular flexibility index (Phi) is 5.21. The Morgan fingerprint density at radius 1 is 1.09 bits per heavy atom. The normalized spacial score (nSPS) is 11.3. The molecule has 0 radical (unpaired) electrons. The van der Waals surface area contributed by atoms with Crippen molar-refractivity contribution < 1.29 is 13.2 Å². The molecule has 0 aliphatic carbocycles. The molecule has 23 heavy (non-hydrogen) atoms. The van der Waals surface area contributed by atoms with Crippen LogP contribution in [0.4, 0.5) is 5.69 Å². The molecule has 0 saturated heterocycles. The molecule has 0 fully saturated rings. The molecule has 4 nitrogen and oxygen atoms in total. The lowest BCUT2D eigenvalue weighted by Gasteiger charge is -2.19. The number of sulfone groups is 1. The summed E-state index contributed by atoms with van der Waals surface area (Å²) < 4.78 is 24.8. The van der Waals surface area contributed by atoms with Crippen molar-refractivity contribution in [2.75, 3.05) is 17.7 Å². The number of carbonyl (C=O) groups excluding carboxylic acids is 1. The number of amides is 1. The highest BCUT2D eigenvalue weighted by atomic mass is 32.2. The summed E-state index contributed by atoms with van der Waals surface area (Å²) in [6.45, 7) is 3.75. The van der Waals surface area contributed by atoms with E-state index in [0.29, 0.717) is 6.42 Å². The third-order valence-corrected chi connectivity index (χ3v) is 5.59. The van der Waals surface area contributed by atoms with Gasteiger partial charge in [-0.1, -0.05) is 31.2 Å². The number of benzene rings is 2. The lowest BCUT2D eigenvalue weighted by atomic mass is 10.1. The average Bonchev–Trinajstić information content (AvgIpc) is 2.53. The summed E-state index contributed by atoms with van der Waals surface area (Å²) in [7, 11) is -1.80. The summed E-state index contributed by atoms with van der Waals surface area (Å²) in [4.78, 5) is 14.4. The predicted molar refractivity (Wildman–Crippen MR) is 92.7 cm³/mol. The van der Waals surface area contributed by atoms with Crippen LogP contribution in [-0.4, -0.2) is 27.1 Å². The first kappa shape index (κ1) is 17.2. The Hall–Kier alpha value is -2.14. The zero-order valence-corrected chi connectivity index (χ0v) is 14.4. The first-order valence-electron chi connectivity index (χ1n) is 7.53. The molecule has 0 heterocycles. The average molecular weight is 331 g/mol. The highest BCUT2D eigenvalue weighted by molar-refractivity contribution is 7.91. The Morgan fingerprint density at radius 3 is 2.43 bits per heavy atom. The Morgan fingerprint density at radius 2 is 1.78 bits per heavy atom. The van der Waals surface area contributed by atoms with Gasteiger partial charge in [0.15, 0.2) is 9.84 Å². The van der Waals surface area contributed by atoms with E-state index in [2.05, 4.69) is 0 Å². The second kappa shape index (κ2) is 6.96. The van der Waals surface area contributed by atoms with E-state index in [1.54, 1.807) is 32.2 Å². The van der Waals surface area contributed by atoms with Crippen molar-refractivity contribution in [1.29, 1.82) is 0 Å². The van der Waals surface area contributed by atoms with E-state index >= 15 is 0 Å². The maximum absolute atomic E-state index is 12.8. The standard InChI is InChI=1S/C18H21NO3S/c1-4-12-23(21,22)17-11-6-5-10-16(17)18(20)19(3)15-9-7-8-14(2)13-15/h5-11,13H,4,12H2,1-3H3. The molecule has 2 rings (SSSR count). The summed E-state index contributed by atoms with van der Waals surface area (Å²) in [5, 5.41) is 0. The minimum Gasteiger partial charge on any atom is -0.311 e. The van der Waals surface area contributed by atoms with Crippen LogP contribution in [0.15, 0.2) is 53.4 Å². The summed E-state index contributed by atoms with van der Waals surface area (Å²) >= 11 is 0. The second-order valence-corrected chi connectivity index (χ2v) is 7.60. The van der Waals surface area contributed by atoms with Gasteiger partial charge in [0, 0.05) is 12.7 Å². The molecule has 0 spiro atoms. The maximum atomic E-state index is 12.8. The Labute approximate surface area is 137 Å². The van der Waals surface area contributed by atoms with Crippen molar-refractivity contribution in [2.45, 2.75) is 25.2 Å². The number of aryl methyl sites for hydroxylation is 1. The Bertz CT molecular complexity index is 813. The van der Waals surface area contributed by atoms with E-state index in [9.17, 15) is 13.2 Å². The number of anilines is 1.